The Morgan fingerprint density at radius 1 is 0.569 bits per heavy atom. The quantitative estimate of drug-likeness (QED) is 0.138. The number of aromatic nitrogens is 1. The molecule has 0 fully saturated rings. The van der Waals surface area contributed by atoms with Gasteiger partial charge in [0.25, 0.3) is 0 Å². The van der Waals surface area contributed by atoms with Crippen LogP contribution in [-0.2, 0) is 6.54 Å². The van der Waals surface area contributed by atoms with Crippen molar-refractivity contribution in [1.82, 2.24) is 4.57 Å². The van der Waals surface area contributed by atoms with Crippen LogP contribution in [-0.4, -0.2) is 4.57 Å². The van der Waals surface area contributed by atoms with Crippen molar-refractivity contribution in [3.63, 3.8) is 0 Å². The minimum Gasteiger partial charge on any atom is -0.336 e. The molecule has 0 unspecified atom stereocenters. The van der Waals surface area contributed by atoms with Crippen LogP contribution < -0.4 is 0 Å². The van der Waals surface area contributed by atoms with E-state index in [0.717, 1.165) is 0 Å². The Kier molecular flexibility index (Phi) is 9.25. The van der Waals surface area contributed by atoms with E-state index in [1.165, 1.54) is 103 Å². The Balaban J connectivity index is 1.15. The smallest absolute Gasteiger partial charge is 0.0574 e. The average molecular weight is 760 g/mol. The Morgan fingerprint density at radius 3 is 2.03 bits per heavy atom. The van der Waals surface area contributed by atoms with Gasteiger partial charge in [0.15, 0.2) is 0 Å². The molecule has 0 saturated carbocycles. The fourth-order valence-electron chi connectivity index (χ4n) is 8.69. The van der Waals surface area contributed by atoms with Gasteiger partial charge in [-0.1, -0.05) is 189 Å². The number of nitrogens with zero attached hydrogens (tertiary/aromatic N) is 1. The van der Waals surface area contributed by atoms with Gasteiger partial charge in [0.2, 0.25) is 0 Å². The molecule has 0 aliphatic carbocycles. The monoisotopic (exact) mass is 759 g/mol. The van der Waals surface area contributed by atoms with E-state index in [1.54, 1.807) is 11.3 Å². The molecule has 0 aliphatic rings. The molecule has 276 valence electrons. The molecular weight excluding hydrogens is 719 g/mol. The number of allylic oxidation sites excluding steroid dienone is 2. The molecule has 2 heterocycles. The van der Waals surface area contributed by atoms with Crippen molar-refractivity contribution in [2.24, 2.45) is 0 Å². The third-order valence-electron chi connectivity index (χ3n) is 11.4. The number of rotatable bonds is 9. The summed E-state index contributed by atoms with van der Waals surface area (Å²) in [6.45, 7) is 6.88. The molecule has 0 bridgehead atoms. The van der Waals surface area contributed by atoms with E-state index in [4.69, 9.17) is 0 Å². The third kappa shape index (κ3) is 6.29. The minimum atomic E-state index is 0.702. The summed E-state index contributed by atoms with van der Waals surface area (Å²) >= 11 is 1.80. The number of thiophene rings is 1. The van der Waals surface area contributed by atoms with Crippen LogP contribution in [0.1, 0.15) is 28.5 Å². The molecule has 1 nitrogen and oxygen atoms in total. The Bertz CT molecular complexity index is 3190. The molecule has 2 aromatic heterocycles. The van der Waals surface area contributed by atoms with Crippen molar-refractivity contribution < 1.29 is 0 Å². The van der Waals surface area contributed by atoms with E-state index >= 15 is 0 Å². The Hall–Kier alpha value is -7.00. The molecule has 0 radical (unpaired) electrons. The highest BCUT2D eigenvalue weighted by Crippen LogP contribution is 2.42. The number of benzene rings is 8. The third-order valence-corrected chi connectivity index (χ3v) is 12.6. The fourth-order valence-corrected chi connectivity index (χ4v) is 9.72. The summed E-state index contributed by atoms with van der Waals surface area (Å²) in [5.74, 6) is 0. The highest BCUT2D eigenvalue weighted by molar-refractivity contribution is 7.20. The van der Waals surface area contributed by atoms with E-state index in [0.29, 0.717) is 6.54 Å². The maximum atomic E-state index is 4.10. The first-order chi connectivity index (χ1) is 28.7. The maximum absolute atomic E-state index is 4.10. The largest absolute Gasteiger partial charge is 0.336 e. The number of hydrogen-bond donors (Lipinski definition) is 0. The van der Waals surface area contributed by atoms with Gasteiger partial charge >= 0.3 is 0 Å². The zero-order valence-corrected chi connectivity index (χ0v) is 33.2. The molecule has 58 heavy (non-hydrogen) atoms. The zero-order valence-electron chi connectivity index (χ0n) is 32.4. The molecular formula is C56H41NS. The molecule has 0 amide bonds. The standard InChI is InChI=1S/C56H41NS/c1-3-15-49-51-37-44(31-33-54(51)58-53(49)4-2)43-21-13-22-45(36-43)48-24-14-25-50-55-47-23-12-11-20-41(47)30-32-52(55)57(56(48)50)35-34-46(40-18-9-6-10-19-40)42-28-26-39(27-29-42)38-16-7-5-8-17-38/h3-34,36-37H,2,35H2,1H3/b15-3-,46-34+. The van der Waals surface area contributed by atoms with Crippen LogP contribution in [0, 0.1) is 0 Å². The number of para-hydroxylation sites is 1. The molecule has 8 aromatic carbocycles. The van der Waals surface area contributed by atoms with Gasteiger partial charge in [-0.05, 0) is 92.0 Å². The second kappa shape index (κ2) is 15.2. The second-order valence-electron chi connectivity index (χ2n) is 14.8. The summed E-state index contributed by atoms with van der Waals surface area (Å²) in [5.41, 5.74) is 14.6. The van der Waals surface area contributed by atoms with Crippen molar-refractivity contribution in [3.8, 4) is 33.4 Å². The van der Waals surface area contributed by atoms with Gasteiger partial charge in [-0.25, -0.2) is 0 Å². The molecule has 0 N–H and O–H groups in total. The van der Waals surface area contributed by atoms with Crippen molar-refractivity contribution in [1.29, 1.82) is 0 Å². The predicted molar refractivity (Wildman–Crippen MR) is 253 cm³/mol. The van der Waals surface area contributed by atoms with Crippen LogP contribution in [0.5, 0.6) is 0 Å². The van der Waals surface area contributed by atoms with Crippen LogP contribution in [0.2, 0.25) is 0 Å². The summed E-state index contributed by atoms with van der Waals surface area (Å²) in [6, 6.07) is 66.6. The van der Waals surface area contributed by atoms with E-state index in [1.807, 2.05) is 6.08 Å². The minimum absolute atomic E-state index is 0.702. The fraction of sp³-hybridized carbons (Fsp3) is 0.0357. The molecule has 10 aromatic rings. The molecule has 10 rings (SSSR count). The SMILES string of the molecule is C=Cc1sc2ccc(-c3cccc(-c4cccc5c6c7ccccc7ccc6n(C/C=C(\c6ccccc6)c6ccc(-c7ccccc7)cc6)c45)c3)cc2c1/C=C\C. The molecule has 0 atom stereocenters. The van der Waals surface area contributed by atoms with Crippen LogP contribution in [0.3, 0.4) is 0 Å². The Morgan fingerprint density at radius 2 is 1.22 bits per heavy atom. The van der Waals surface area contributed by atoms with Gasteiger partial charge in [-0.15, -0.1) is 11.3 Å². The van der Waals surface area contributed by atoms with Gasteiger partial charge in [-0.3, -0.25) is 0 Å². The van der Waals surface area contributed by atoms with Crippen LogP contribution in [0.4, 0.5) is 0 Å². The van der Waals surface area contributed by atoms with Gasteiger partial charge in [0.05, 0.1) is 11.0 Å². The number of fused-ring (bicyclic) bond motifs is 6. The zero-order chi connectivity index (χ0) is 39.0. The lowest BCUT2D eigenvalue weighted by molar-refractivity contribution is 0.901. The van der Waals surface area contributed by atoms with Crippen LogP contribution in [0.15, 0.2) is 201 Å². The maximum Gasteiger partial charge on any atom is 0.0574 e. The number of hydrogen-bond acceptors (Lipinski definition) is 1. The summed E-state index contributed by atoms with van der Waals surface area (Å²) in [5, 5.41) is 6.36. The van der Waals surface area contributed by atoms with Gasteiger partial charge in [-0.2, -0.15) is 0 Å². The van der Waals surface area contributed by atoms with Crippen molar-refractivity contribution in [2.45, 2.75) is 13.5 Å². The van der Waals surface area contributed by atoms with Crippen molar-refractivity contribution in [2.75, 3.05) is 0 Å². The normalized spacial score (nSPS) is 12.1. The predicted octanol–water partition coefficient (Wildman–Crippen LogP) is 16.0. The van der Waals surface area contributed by atoms with Gasteiger partial charge in [0.1, 0.15) is 0 Å². The second-order valence-corrected chi connectivity index (χ2v) is 15.9. The topological polar surface area (TPSA) is 4.93 Å². The lowest BCUT2D eigenvalue weighted by Gasteiger charge is -2.14. The highest BCUT2D eigenvalue weighted by Gasteiger charge is 2.18. The first-order valence-corrected chi connectivity index (χ1v) is 20.8. The first kappa shape index (κ1) is 35.4. The van der Waals surface area contributed by atoms with Crippen molar-refractivity contribution >= 4 is 71.7 Å². The Labute approximate surface area is 343 Å². The van der Waals surface area contributed by atoms with E-state index < -0.39 is 0 Å². The van der Waals surface area contributed by atoms with Gasteiger partial charge in [0, 0.05) is 37.8 Å². The van der Waals surface area contributed by atoms with Crippen molar-refractivity contribution in [3.05, 3.63) is 222 Å². The molecule has 0 aliphatic heterocycles. The van der Waals surface area contributed by atoms with E-state index in [9.17, 15) is 0 Å². The molecule has 2 heteroatoms. The molecule has 0 spiro atoms. The van der Waals surface area contributed by atoms with Crippen LogP contribution >= 0.6 is 11.3 Å². The van der Waals surface area contributed by atoms with E-state index in [-0.39, 0.29) is 0 Å². The summed E-state index contributed by atoms with van der Waals surface area (Å²) in [7, 11) is 0. The molecule has 0 saturated heterocycles. The summed E-state index contributed by atoms with van der Waals surface area (Å²) in [6.07, 6.45) is 8.72. The summed E-state index contributed by atoms with van der Waals surface area (Å²) < 4.78 is 3.82. The van der Waals surface area contributed by atoms with Crippen LogP contribution in [0.25, 0.3) is 93.8 Å². The lowest BCUT2D eigenvalue weighted by Crippen LogP contribution is -1.99. The summed E-state index contributed by atoms with van der Waals surface area (Å²) in [4.78, 5) is 1.21. The highest BCUT2D eigenvalue weighted by atomic mass is 32.1. The lowest BCUT2D eigenvalue weighted by atomic mass is 9.95. The van der Waals surface area contributed by atoms with E-state index in [2.05, 4.69) is 218 Å². The first-order valence-electron chi connectivity index (χ1n) is 19.9. The van der Waals surface area contributed by atoms with Gasteiger partial charge < -0.3 is 4.57 Å². The average Bonchev–Trinajstić information content (AvgIpc) is 3.82.